The zero-order valence-electron chi connectivity index (χ0n) is 24.6. The van der Waals surface area contributed by atoms with Crippen LogP contribution in [0.3, 0.4) is 0 Å². The number of nitrogens with one attached hydrogen (secondary N) is 1. The van der Waals surface area contributed by atoms with Crippen LogP contribution in [0.25, 0.3) is 0 Å². The van der Waals surface area contributed by atoms with Crippen LogP contribution in [0.1, 0.15) is 47.0 Å². The number of halogens is 1. The van der Waals surface area contributed by atoms with Gasteiger partial charge in [-0.2, -0.15) is 0 Å². The second-order valence-electron chi connectivity index (χ2n) is 9.61. The summed E-state index contributed by atoms with van der Waals surface area (Å²) in [6, 6.07) is 0. The van der Waals surface area contributed by atoms with E-state index >= 15 is 0 Å². The number of Topliss-reactive ketones (excluding diaryl/α,β-unsaturated/α-hetero) is 3. The maximum absolute atomic E-state index is 11.7. The van der Waals surface area contributed by atoms with Crippen molar-refractivity contribution in [1.82, 2.24) is 10.2 Å². The summed E-state index contributed by atoms with van der Waals surface area (Å²) in [6.07, 6.45) is 3.49. The fraction of sp³-hybridized carbons (Fsp3) is 0.714. The van der Waals surface area contributed by atoms with Gasteiger partial charge in [0.1, 0.15) is 19.0 Å². The number of amides is 3. The van der Waals surface area contributed by atoms with E-state index in [1.807, 2.05) is 50.3 Å². The third-order valence-corrected chi connectivity index (χ3v) is 6.16. The van der Waals surface area contributed by atoms with Crippen LogP contribution in [0.4, 0.5) is 0 Å². The average Bonchev–Trinajstić information content (AvgIpc) is 3.26. The van der Waals surface area contributed by atoms with Crippen molar-refractivity contribution < 1.29 is 47.7 Å². The van der Waals surface area contributed by atoms with Gasteiger partial charge in [0.2, 0.25) is 5.91 Å². The maximum Gasteiger partial charge on any atom is 0.253 e. The van der Waals surface area contributed by atoms with Gasteiger partial charge >= 0.3 is 0 Å². The van der Waals surface area contributed by atoms with Crippen LogP contribution < -0.4 is 5.32 Å². The van der Waals surface area contributed by atoms with Crippen LogP contribution in [0.15, 0.2) is 12.2 Å². The minimum absolute atomic E-state index is 0.00739. The molecule has 1 aliphatic heterocycles. The first-order chi connectivity index (χ1) is 19.5. The summed E-state index contributed by atoms with van der Waals surface area (Å²) >= 11 is 2.00. The standard InChI is InChI=1S/C17H25NO6.C11H20INO4/c1-13(2)15(20)12-24-11-10-23-9-3-4-14(19)7-8-18-16(21)5-6-17(18)22;1-9(2)10(14)8-17-6-5-16-4-3-13-11(15)7-12/h5-6,13H,3-4,7-12H2,1-2H3;9H,3-8H2,1-2H3,(H,13,15). The van der Waals surface area contributed by atoms with Gasteiger partial charge in [0.15, 0.2) is 11.6 Å². The lowest BCUT2D eigenvalue weighted by molar-refractivity contribution is -0.137. The molecule has 0 spiro atoms. The third-order valence-electron chi connectivity index (χ3n) is 5.47. The quantitative estimate of drug-likeness (QED) is 0.0723. The summed E-state index contributed by atoms with van der Waals surface area (Å²) in [6.45, 7) is 10.7. The van der Waals surface area contributed by atoms with Crippen molar-refractivity contribution in [3.8, 4) is 0 Å². The van der Waals surface area contributed by atoms with Gasteiger partial charge in [-0.15, -0.1) is 0 Å². The smallest absolute Gasteiger partial charge is 0.253 e. The fourth-order valence-electron chi connectivity index (χ4n) is 2.81. The van der Waals surface area contributed by atoms with Crippen molar-refractivity contribution in [1.29, 1.82) is 0 Å². The molecule has 0 bridgehead atoms. The minimum atomic E-state index is -0.368. The van der Waals surface area contributed by atoms with Gasteiger partial charge in [0.25, 0.3) is 11.8 Å². The van der Waals surface area contributed by atoms with Crippen molar-refractivity contribution in [2.45, 2.75) is 47.0 Å². The maximum atomic E-state index is 11.7. The molecule has 0 atom stereocenters. The molecule has 0 saturated carbocycles. The van der Waals surface area contributed by atoms with E-state index in [0.717, 1.165) is 4.90 Å². The van der Waals surface area contributed by atoms with Crippen LogP contribution >= 0.6 is 22.6 Å². The Morgan fingerprint density at radius 2 is 1.24 bits per heavy atom. The topological polar surface area (TPSA) is 155 Å². The lowest BCUT2D eigenvalue weighted by Crippen LogP contribution is -2.32. The molecule has 3 amide bonds. The van der Waals surface area contributed by atoms with Crippen LogP contribution in [-0.4, -0.2) is 110 Å². The monoisotopic (exact) mass is 696 g/mol. The zero-order valence-corrected chi connectivity index (χ0v) is 26.8. The van der Waals surface area contributed by atoms with E-state index in [9.17, 15) is 28.8 Å². The van der Waals surface area contributed by atoms with Crippen molar-refractivity contribution in [2.75, 3.05) is 70.4 Å². The molecule has 0 aromatic rings. The molecule has 1 heterocycles. The van der Waals surface area contributed by atoms with Gasteiger partial charge in [-0.1, -0.05) is 50.3 Å². The van der Waals surface area contributed by atoms with Gasteiger partial charge in [-0.25, -0.2) is 0 Å². The van der Waals surface area contributed by atoms with Crippen molar-refractivity contribution in [3.05, 3.63) is 12.2 Å². The van der Waals surface area contributed by atoms with Gasteiger partial charge < -0.3 is 24.3 Å². The summed E-state index contributed by atoms with van der Waals surface area (Å²) in [5, 5.41) is 2.69. The molecule has 41 heavy (non-hydrogen) atoms. The van der Waals surface area contributed by atoms with Crippen molar-refractivity contribution >= 4 is 57.7 Å². The first-order valence-corrected chi connectivity index (χ1v) is 15.3. The molecule has 234 valence electrons. The van der Waals surface area contributed by atoms with Crippen molar-refractivity contribution in [3.63, 3.8) is 0 Å². The van der Waals surface area contributed by atoms with E-state index < -0.39 is 0 Å². The number of carbonyl (C=O) groups is 6. The molecule has 1 N–H and O–H groups in total. The van der Waals surface area contributed by atoms with E-state index in [1.165, 1.54) is 12.2 Å². The van der Waals surface area contributed by atoms with Crippen LogP contribution in [0.5, 0.6) is 0 Å². The van der Waals surface area contributed by atoms with Crippen LogP contribution in [-0.2, 0) is 47.7 Å². The second-order valence-corrected chi connectivity index (χ2v) is 10.4. The molecule has 0 aliphatic carbocycles. The highest BCUT2D eigenvalue weighted by Crippen LogP contribution is 2.06. The molecular formula is C28H45IN2O10. The Hall–Kier alpha value is -2.07. The summed E-state index contributed by atoms with van der Waals surface area (Å²) in [4.78, 5) is 68.7. The third kappa shape index (κ3) is 21.3. The molecule has 0 saturated heterocycles. The molecular weight excluding hydrogens is 651 g/mol. The molecule has 0 aromatic carbocycles. The Morgan fingerprint density at radius 3 is 1.73 bits per heavy atom. The summed E-state index contributed by atoms with van der Waals surface area (Å²) in [5.41, 5.74) is 0. The lowest BCUT2D eigenvalue weighted by atomic mass is 10.1. The Bertz CT molecular complexity index is 843. The molecule has 13 heteroatoms. The number of hydrogen-bond donors (Lipinski definition) is 1. The summed E-state index contributed by atoms with van der Waals surface area (Å²) < 4.78 is 21.3. The highest BCUT2D eigenvalue weighted by Gasteiger charge is 2.23. The van der Waals surface area contributed by atoms with E-state index in [4.69, 9.17) is 18.9 Å². The average molecular weight is 697 g/mol. The van der Waals surface area contributed by atoms with E-state index in [2.05, 4.69) is 5.32 Å². The van der Waals surface area contributed by atoms with Crippen molar-refractivity contribution in [2.24, 2.45) is 11.8 Å². The van der Waals surface area contributed by atoms with Gasteiger partial charge in [0.05, 0.1) is 37.5 Å². The van der Waals surface area contributed by atoms with Crippen LogP contribution in [0.2, 0.25) is 0 Å². The zero-order chi connectivity index (χ0) is 31.0. The van der Waals surface area contributed by atoms with Gasteiger partial charge in [0, 0.05) is 56.5 Å². The summed E-state index contributed by atoms with van der Waals surface area (Å²) in [7, 11) is 0. The number of nitrogens with zero attached hydrogens (tertiary/aromatic N) is 1. The predicted octanol–water partition coefficient (Wildman–Crippen LogP) is 1.71. The Kier molecular flexibility index (Phi) is 23.3. The first-order valence-electron chi connectivity index (χ1n) is 13.7. The number of ketones is 3. The van der Waals surface area contributed by atoms with Crippen LogP contribution in [0, 0.1) is 11.8 Å². The predicted molar refractivity (Wildman–Crippen MR) is 160 cm³/mol. The molecule has 1 aliphatic rings. The van der Waals surface area contributed by atoms with E-state index in [1.54, 1.807) is 0 Å². The largest absolute Gasteiger partial charge is 0.379 e. The Morgan fingerprint density at radius 1 is 0.756 bits per heavy atom. The van der Waals surface area contributed by atoms with Gasteiger partial charge in [-0.05, 0) is 6.42 Å². The molecule has 0 aromatic heterocycles. The number of rotatable bonds is 23. The molecule has 0 radical (unpaired) electrons. The second kappa shape index (κ2) is 24.5. The number of hydrogen-bond acceptors (Lipinski definition) is 10. The molecule has 1 rings (SSSR count). The number of imide groups is 1. The molecule has 0 unspecified atom stereocenters. The van der Waals surface area contributed by atoms with Gasteiger partial charge in [-0.3, -0.25) is 33.7 Å². The Labute approximate surface area is 256 Å². The minimum Gasteiger partial charge on any atom is -0.379 e. The van der Waals surface area contributed by atoms with E-state index in [0.29, 0.717) is 63.5 Å². The molecule has 12 nitrogen and oxygen atoms in total. The highest BCUT2D eigenvalue weighted by atomic mass is 127. The highest BCUT2D eigenvalue weighted by molar-refractivity contribution is 14.1. The van der Waals surface area contributed by atoms with E-state index in [-0.39, 0.29) is 73.1 Å². The lowest BCUT2D eigenvalue weighted by Gasteiger charge is -2.12. The number of ether oxygens (including phenoxy) is 4. The number of carbonyl (C=O) groups excluding carboxylic acids is 6. The normalized spacial score (nSPS) is 12.6. The SMILES string of the molecule is CC(C)C(=O)COCCOCCCC(=O)CCN1C(=O)C=CC1=O.CC(C)C(=O)COCCOCCNC(=O)CI. The number of alkyl halides is 1. The molecule has 0 fully saturated rings. The Balaban J connectivity index is 0.000000831. The fourth-order valence-corrected chi connectivity index (χ4v) is 3.08. The summed E-state index contributed by atoms with van der Waals surface area (Å²) in [5.74, 6) is -0.597. The first kappa shape index (κ1) is 38.9.